The Morgan fingerprint density at radius 3 is 2.83 bits per heavy atom. The molecular weight excluding hydrogens is 246 g/mol. The van der Waals surface area contributed by atoms with Crippen LogP contribution in [0.1, 0.15) is 5.01 Å². The molecule has 0 spiro atoms. The monoisotopic (exact) mass is 263 g/mol. The van der Waals surface area contributed by atoms with E-state index >= 15 is 0 Å². The number of benzene rings is 1. The standard InChI is InChI=1S/C13H17N3OS/c1-16(2)15-9-13-14-8-12(18-13)10-6-4-5-7-11(10)17-3/h4-8,15H,9H2,1-3H3. The average molecular weight is 263 g/mol. The van der Waals surface area contributed by atoms with E-state index in [0.717, 1.165) is 27.7 Å². The Morgan fingerprint density at radius 1 is 1.33 bits per heavy atom. The van der Waals surface area contributed by atoms with Crippen LogP contribution >= 0.6 is 11.3 Å². The zero-order valence-corrected chi connectivity index (χ0v) is 11.6. The number of para-hydroxylation sites is 1. The second-order valence-electron chi connectivity index (χ2n) is 4.05. The topological polar surface area (TPSA) is 37.4 Å². The summed E-state index contributed by atoms with van der Waals surface area (Å²) in [6.07, 6.45) is 1.90. The van der Waals surface area contributed by atoms with Gasteiger partial charge < -0.3 is 4.74 Å². The van der Waals surface area contributed by atoms with Crippen LogP contribution in [0.2, 0.25) is 0 Å². The number of nitrogens with zero attached hydrogens (tertiary/aromatic N) is 2. The van der Waals surface area contributed by atoms with Crippen molar-refractivity contribution in [2.45, 2.75) is 6.54 Å². The molecule has 2 aromatic rings. The van der Waals surface area contributed by atoms with Crippen molar-refractivity contribution in [3.05, 3.63) is 35.5 Å². The Labute approximate surface area is 111 Å². The van der Waals surface area contributed by atoms with Gasteiger partial charge in [-0.3, -0.25) is 5.01 Å². The predicted octanol–water partition coefficient (Wildman–Crippen LogP) is 2.38. The molecule has 0 atom stereocenters. The van der Waals surface area contributed by atoms with Crippen LogP contribution < -0.4 is 10.2 Å². The smallest absolute Gasteiger partial charge is 0.127 e. The molecule has 0 unspecified atom stereocenters. The average Bonchev–Trinajstić information content (AvgIpc) is 2.85. The van der Waals surface area contributed by atoms with Crippen LogP contribution in [0.25, 0.3) is 10.4 Å². The molecule has 96 valence electrons. The molecule has 0 saturated heterocycles. The summed E-state index contributed by atoms with van der Waals surface area (Å²) in [5.74, 6) is 0.883. The van der Waals surface area contributed by atoms with Crippen LogP contribution in [-0.4, -0.2) is 31.2 Å². The molecule has 1 aromatic carbocycles. The second-order valence-corrected chi connectivity index (χ2v) is 5.16. The summed E-state index contributed by atoms with van der Waals surface area (Å²) < 4.78 is 5.36. The zero-order valence-electron chi connectivity index (χ0n) is 10.8. The predicted molar refractivity (Wildman–Crippen MR) is 74.6 cm³/mol. The van der Waals surface area contributed by atoms with E-state index in [1.807, 2.05) is 43.5 Å². The van der Waals surface area contributed by atoms with Crippen LogP contribution in [0.5, 0.6) is 5.75 Å². The van der Waals surface area contributed by atoms with E-state index in [1.54, 1.807) is 18.4 Å². The summed E-state index contributed by atoms with van der Waals surface area (Å²) in [6, 6.07) is 8.00. The van der Waals surface area contributed by atoms with Gasteiger partial charge in [-0.1, -0.05) is 12.1 Å². The molecule has 1 aromatic heterocycles. The molecule has 0 fully saturated rings. The van der Waals surface area contributed by atoms with Gasteiger partial charge in [-0.2, -0.15) is 0 Å². The highest BCUT2D eigenvalue weighted by molar-refractivity contribution is 7.15. The Bertz CT molecular complexity index is 510. The van der Waals surface area contributed by atoms with Gasteiger partial charge in [0.2, 0.25) is 0 Å². The lowest BCUT2D eigenvalue weighted by Gasteiger charge is -2.09. The van der Waals surface area contributed by atoms with Crippen LogP contribution in [0, 0.1) is 0 Å². The van der Waals surface area contributed by atoms with Crippen LogP contribution in [0.15, 0.2) is 30.5 Å². The molecule has 18 heavy (non-hydrogen) atoms. The summed E-state index contributed by atoms with van der Waals surface area (Å²) in [5.41, 5.74) is 4.30. The molecule has 0 aliphatic rings. The molecule has 0 radical (unpaired) electrons. The molecule has 1 N–H and O–H groups in total. The summed E-state index contributed by atoms with van der Waals surface area (Å²) in [5, 5.41) is 2.98. The first-order chi connectivity index (χ1) is 8.70. The number of hydrazine groups is 1. The van der Waals surface area contributed by atoms with Crippen molar-refractivity contribution in [3.8, 4) is 16.2 Å². The molecule has 0 aliphatic carbocycles. The number of thiazole rings is 1. The third kappa shape index (κ3) is 3.07. The highest BCUT2D eigenvalue weighted by Gasteiger charge is 2.08. The van der Waals surface area contributed by atoms with Gasteiger partial charge in [0.1, 0.15) is 10.8 Å². The van der Waals surface area contributed by atoms with Crippen molar-refractivity contribution < 1.29 is 4.74 Å². The normalized spacial score (nSPS) is 10.9. The summed E-state index contributed by atoms with van der Waals surface area (Å²) in [4.78, 5) is 5.54. The second kappa shape index (κ2) is 5.95. The number of hydrogen-bond acceptors (Lipinski definition) is 5. The van der Waals surface area contributed by atoms with Gasteiger partial charge in [-0.05, 0) is 12.1 Å². The van der Waals surface area contributed by atoms with E-state index in [9.17, 15) is 0 Å². The summed E-state index contributed by atoms with van der Waals surface area (Å²) in [6.45, 7) is 0.743. The van der Waals surface area contributed by atoms with Crippen molar-refractivity contribution in [2.75, 3.05) is 21.2 Å². The van der Waals surface area contributed by atoms with Crippen molar-refractivity contribution in [2.24, 2.45) is 0 Å². The molecule has 0 amide bonds. The van der Waals surface area contributed by atoms with Crippen LogP contribution in [-0.2, 0) is 6.54 Å². The van der Waals surface area contributed by atoms with Gasteiger partial charge in [0.05, 0.1) is 18.5 Å². The SMILES string of the molecule is COc1ccccc1-c1cnc(CNN(C)C)s1. The fourth-order valence-electron chi connectivity index (χ4n) is 1.59. The van der Waals surface area contributed by atoms with Gasteiger partial charge in [-0.25, -0.2) is 10.4 Å². The molecule has 0 saturated carbocycles. The summed E-state index contributed by atoms with van der Waals surface area (Å²) in [7, 11) is 5.62. The van der Waals surface area contributed by atoms with E-state index in [0.29, 0.717) is 0 Å². The number of methoxy groups -OCH3 is 1. The zero-order chi connectivity index (χ0) is 13.0. The van der Waals surface area contributed by atoms with E-state index in [2.05, 4.69) is 16.5 Å². The quantitative estimate of drug-likeness (QED) is 0.841. The number of ether oxygens (including phenoxy) is 1. The maximum Gasteiger partial charge on any atom is 0.127 e. The van der Waals surface area contributed by atoms with Gasteiger partial charge >= 0.3 is 0 Å². The highest BCUT2D eigenvalue weighted by Crippen LogP contribution is 2.33. The lowest BCUT2D eigenvalue weighted by atomic mass is 10.2. The summed E-state index contributed by atoms with van der Waals surface area (Å²) >= 11 is 1.68. The molecule has 2 rings (SSSR count). The van der Waals surface area contributed by atoms with Gasteiger partial charge in [0.25, 0.3) is 0 Å². The minimum absolute atomic E-state index is 0.743. The molecule has 4 nitrogen and oxygen atoms in total. The van der Waals surface area contributed by atoms with Crippen molar-refractivity contribution in [3.63, 3.8) is 0 Å². The number of nitrogens with one attached hydrogen (secondary N) is 1. The minimum Gasteiger partial charge on any atom is -0.496 e. The third-order valence-electron chi connectivity index (χ3n) is 2.47. The van der Waals surface area contributed by atoms with E-state index < -0.39 is 0 Å². The first-order valence-corrected chi connectivity index (χ1v) is 6.51. The number of hydrogen-bond donors (Lipinski definition) is 1. The van der Waals surface area contributed by atoms with Crippen LogP contribution in [0.4, 0.5) is 0 Å². The molecular formula is C13H17N3OS. The molecule has 0 aliphatic heterocycles. The number of aromatic nitrogens is 1. The van der Waals surface area contributed by atoms with Crippen LogP contribution in [0.3, 0.4) is 0 Å². The first kappa shape index (κ1) is 13.0. The maximum atomic E-state index is 5.36. The lowest BCUT2D eigenvalue weighted by molar-refractivity contribution is 0.286. The van der Waals surface area contributed by atoms with E-state index in [-0.39, 0.29) is 0 Å². The van der Waals surface area contributed by atoms with Crippen molar-refractivity contribution in [1.29, 1.82) is 0 Å². The van der Waals surface area contributed by atoms with E-state index in [4.69, 9.17) is 4.74 Å². The first-order valence-electron chi connectivity index (χ1n) is 5.69. The fraction of sp³-hybridized carbons (Fsp3) is 0.308. The minimum atomic E-state index is 0.743. The van der Waals surface area contributed by atoms with Crippen molar-refractivity contribution >= 4 is 11.3 Å². The molecule has 0 bridgehead atoms. The Hall–Kier alpha value is -1.43. The Balaban J connectivity index is 2.18. The van der Waals surface area contributed by atoms with E-state index in [1.165, 1.54) is 0 Å². The maximum absolute atomic E-state index is 5.36. The largest absolute Gasteiger partial charge is 0.496 e. The van der Waals surface area contributed by atoms with Crippen molar-refractivity contribution in [1.82, 2.24) is 15.4 Å². The van der Waals surface area contributed by atoms with Gasteiger partial charge in [0.15, 0.2) is 0 Å². The van der Waals surface area contributed by atoms with Gasteiger partial charge in [-0.15, -0.1) is 11.3 Å². The fourth-order valence-corrected chi connectivity index (χ4v) is 2.47. The number of rotatable bonds is 5. The Morgan fingerprint density at radius 2 is 2.11 bits per heavy atom. The van der Waals surface area contributed by atoms with Gasteiger partial charge in [0, 0.05) is 25.9 Å². The third-order valence-corrected chi connectivity index (χ3v) is 3.50. The molecule has 1 heterocycles. The highest BCUT2D eigenvalue weighted by atomic mass is 32.1. The lowest BCUT2D eigenvalue weighted by Crippen LogP contribution is -2.29. The molecule has 5 heteroatoms. The Kier molecular flexibility index (Phi) is 4.30.